The molecule has 1 aromatic carbocycles. The van der Waals surface area contributed by atoms with Crippen molar-refractivity contribution in [2.45, 2.75) is 31.7 Å². The highest BCUT2D eigenvalue weighted by atomic mass is 19.1. The summed E-state index contributed by atoms with van der Waals surface area (Å²) in [6, 6.07) is 6.09. The Morgan fingerprint density at radius 1 is 1.23 bits per heavy atom. The molecule has 6 heteroatoms. The maximum atomic E-state index is 13.0. The monoisotopic (exact) mass is 300 g/mol. The third kappa shape index (κ3) is 2.38. The van der Waals surface area contributed by atoms with E-state index in [2.05, 4.69) is 15.2 Å². The molecule has 0 radical (unpaired) electrons. The lowest BCUT2D eigenvalue weighted by Gasteiger charge is -2.22. The molecule has 114 valence electrons. The van der Waals surface area contributed by atoms with E-state index in [0.29, 0.717) is 5.82 Å². The highest BCUT2D eigenvalue weighted by Gasteiger charge is 2.39. The molecule has 22 heavy (non-hydrogen) atoms. The predicted molar refractivity (Wildman–Crippen MR) is 78.2 cm³/mol. The largest absolute Gasteiger partial charge is 0.332 e. The van der Waals surface area contributed by atoms with Crippen LogP contribution in [0.2, 0.25) is 0 Å². The van der Waals surface area contributed by atoms with Gasteiger partial charge in [0.05, 0.1) is 6.04 Å². The first-order valence-electron chi connectivity index (χ1n) is 7.71. The molecule has 0 bridgehead atoms. The van der Waals surface area contributed by atoms with Crippen LogP contribution < -0.4 is 0 Å². The highest BCUT2D eigenvalue weighted by Crippen LogP contribution is 2.38. The number of hydrogen-bond donors (Lipinski definition) is 1. The minimum Gasteiger partial charge on any atom is -0.332 e. The van der Waals surface area contributed by atoms with Gasteiger partial charge in [-0.1, -0.05) is 0 Å². The molecule has 2 heterocycles. The summed E-state index contributed by atoms with van der Waals surface area (Å²) >= 11 is 0. The van der Waals surface area contributed by atoms with Crippen LogP contribution in [0.25, 0.3) is 11.4 Å². The van der Waals surface area contributed by atoms with Gasteiger partial charge in [0, 0.05) is 18.0 Å². The summed E-state index contributed by atoms with van der Waals surface area (Å²) in [6.07, 6.45) is 3.94. The minimum atomic E-state index is -0.281. The maximum absolute atomic E-state index is 13.0. The number of aromatic amines is 1. The van der Waals surface area contributed by atoms with Gasteiger partial charge in [0.1, 0.15) is 11.6 Å². The summed E-state index contributed by atoms with van der Waals surface area (Å²) in [5.74, 6) is 1.46. The van der Waals surface area contributed by atoms with Crippen LogP contribution in [0, 0.1) is 11.7 Å². The van der Waals surface area contributed by atoms with Crippen LogP contribution in [-0.2, 0) is 4.79 Å². The van der Waals surface area contributed by atoms with E-state index in [1.807, 2.05) is 4.90 Å². The number of halogens is 1. The van der Waals surface area contributed by atoms with Crippen molar-refractivity contribution in [3.8, 4) is 11.4 Å². The number of carbonyl (C=O) groups is 1. The number of amides is 1. The summed E-state index contributed by atoms with van der Waals surface area (Å²) in [4.78, 5) is 18.8. The van der Waals surface area contributed by atoms with Crippen molar-refractivity contribution in [1.29, 1.82) is 0 Å². The SMILES string of the molecule is O=C(C1CC1)N1CCC[C@@H]1c1nc(-c2ccc(F)cc2)n[nH]1. The Hall–Kier alpha value is -2.24. The van der Waals surface area contributed by atoms with Gasteiger partial charge < -0.3 is 4.90 Å². The van der Waals surface area contributed by atoms with Crippen LogP contribution in [0.3, 0.4) is 0 Å². The summed E-state index contributed by atoms with van der Waals surface area (Å²) in [5, 5.41) is 7.17. The van der Waals surface area contributed by atoms with Crippen LogP contribution in [0.1, 0.15) is 37.5 Å². The number of likely N-dealkylation sites (tertiary alicyclic amines) is 1. The first-order chi connectivity index (χ1) is 10.7. The van der Waals surface area contributed by atoms with Crippen molar-refractivity contribution >= 4 is 5.91 Å². The van der Waals surface area contributed by atoms with Crippen LogP contribution in [-0.4, -0.2) is 32.5 Å². The van der Waals surface area contributed by atoms with E-state index in [1.54, 1.807) is 12.1 Å². The van der Waals surface area contributed by atoms with Gasteiger partial charge in [-0.05, 0) is 49.9 Å². The van der Waals surface area contributed by atoms with E-state index in [4.69, 9.17) is 0 Å². The molecule has 2 aromatic rings. The summed E-state index contributed by atoms with van der Waals surface area (Å²) < 4.78 is 13.0. The molecule has 5 nitrogen and oxygen atoms in total. The molecule has 1 saturated heterocycles. The Balaban J connectivity index is 1.57. The normalized spacial score (nSPS) is 21.3. The lowest BCUT2D eigenvalue weighted by molar-refractivity contribution is -0.133. The molecule has 4 rings (SSSR count). The quantitative estimate of drug-likeness (QED) is 0.948. The van der Waals surface area contributed by atoms with Crippen molar-refractivity contribution < 1.29 is 9.18 Å². The smallest absolute Gasteiger partial charge is 0.226 e. The molecule has 2 fully saturated rings. The fraction of sp³-hybridized carbons (Fsp3) is 0.438. The fourth-order valence-corrected chi connectivity index (χ4v) is 3.03. The van der Waals surface area contributed by atoms with Gasteiger partial charge in [-0.15, -0.1) is 0 Å². The molecule has 2 aliphatic rings. The Bertz CT molecular complexity index is 692. The second-order valence-corrected chi connectivity index (χ2v) is 6.02. The number of benzene rings is 1. The van der Waals surface area contributed by atoms with Crippen molar-refractivity contribution in [2.24, 2.45) is 5.92 Å². The third-order valence-corrected chi connectivity index (χ3v) is 4.38. The lowest BCUT2D eigenvalue weighted by Crippen LogP contribution is -2.32. The molecule has 1 aliphatic carbocycles. The predicted octanol–water partition coefficient (Wildman–Crippen LogP) is 2.68. The van der Waals surface area contributed by atoms with E-state index in [1.165, 1.54) is 12.1 Å². The van der Waals surface area contributed by atoms with Crippen LogP contribution >= 0.6 is 0 Å². The highest BCUT2D eigenvalue weighted by molar-refractivity contribution is 5.81. The van der Waals surface area contributed by atoms with Crippen molar-refractivity contribution in [1.82, 2.24) is 20.1 Å². The molecular formula is C16H17FN4O. The summed E-state index contributed by atoms with van der Waals surface area (Å²) in [6.45, 7) is 0.798. The number of carbonyl (C=O) groups excluding carboxylic acids is 1. The van der Waals surface area contributed by atoms with E-state index in [0.717, 1.165) is 43.6 Å². The number of hydrogen-bond acceptors (Lipinski definition) is 3. The Labute approximate surface area is 127 Å². The number of aromatic nitrogens is 3. The minimum absolute atomic E-state index is 0.00482. The number of nitrogens with zero attached hydrogens (tertiary/aromatic N) is 3. The van der Waals surface area contributed by atoms with E-state index in [9.17, 15) is 9.18 Å². The Kier molecular flexibility index (Phi) is 3.17. The second kappa shape index (κ2) is 5.19. The molecule has 0 unspecified atom stereocenters. The Morgan fingerprint density at radius 2 is 2.00 bits per heavy atom. The molecule has 0 spiro atoms. The molecule has 1 N–H and O–H groups in total. The molecule has 1 amide bonds. The van der Waals surface area contributed by atoms with Gasteiger partial charge in [0.15, 0.2) is 5.82 Å². The van der Waals surface area contributed by atoms with Crippen molar-refractivity contribution in [2.75, 3.05) is 6.54 Å². The maximum Gasteiger partial charge on any atom is 0.226 e. The van der Waals surface area contributed by atoms with E-state index in [-0.39, 0.29) is 23.7 Å². The first-order valence-corrected chi connectivity index (χ1v) is 7.71. The Morgan fingerprint density at radius 3 is 2.73 bits per heavy atom. The topological polar surface area (TPSA) is 61.9 Å². The van der Waals surface area contributed by atoms with Crippen molar-refractivity contribution in [3.05, 3.63) is 35.9 Å². The van der Waals surface area contributed by atoms with Crippen LogP contribution in [0.15, 0.2) is 24.3 Å². The first kappa shape index (κ1) is 13.4. The number of rotatable bonds is 3. The second-order valence-electron chi connectivity index (χ2n) is 6.02. The lowest BCUT2D eigenvalue weighted by atomic mass is 10.2. The van der Waals surface area contributed by atoms with Gasteiger partial charge >= 0.3 is 0 Å². The number of nitrogens with one attached hydrogen (secondary N) is 1. The van der Waals surface area contributed by atoms with Gasteiger partial charge in [-0.3, -0.25) is 9.89 Å². The van der Waals surface area contributed by atoms with Crippen molar-refractivity contribution in [3.63, 3.8) is 0 Å². The third-order valence-electron chi connectivity index (χ3n) is 4.38. The molecule has 1 atom stereocenters. The van der Waals surface area contributed by atoms with Gasteiger partial charge in [0.2, 0.25) is 5.91 Å². The van der Waals surface area contributed by atoms with E-state index >= 15 is 0 Å². The zero-order valence-corrected chi connectivity index (χ0v) is 12.1. The summed E-state index contributed by atoms with van der Waals surface area (Å²) in [5.41, 5.74) is 0.766. The van der Waals surface area contributed by atoms with Crippen LogP contribution in [0.4, 0.5) is 4.39 Å². The molecule has 1 saturated carbocycles. The zero-order chi connectivity index (χ0) is 15.1. The van der Waals surface area contributed by atoms with Crippen LogP contribution in [0.5, 0.6) is 0 Å². The van der Waals surface area contributed by atoms with Gasteiger partial charge in [0.25, 0.3) is 0 Å². The summed E-state index contributed by atoms with van der Waals surface area (Å²) in [7, 11) is 0. The molecular weight excluding hydrogens is 283 g/mol. The molecule has 1 aliphatic heterocycles. The average molecular weight is 300 g/mol. The number of H-pyrrole nitrogens is 1. The zero-order valence-electron chi connectivity index (χ0n) is 12.1. The van der Waals surface area contributed by atoms with Gasteiger partial charge in [-0.25, -0.2) is 9.37 Å². The van der Waals surface area contributed by atoms with E-state index < -0.39 is 0 Å². The standard InChI is InChI=1S/C16H17FN4O/c17-12-7-5-10(6-8-12)14-18-15(20-19-14)13-2-1-9-21(13)16(22)11-3-4-11/h5-8,11,13H,1-4,9H2,(H,18,19,20)/t13-/m1/s1. The average Bonchev–Trinajstić information content (AvgIpc) is 3.07. The molecule has 1 aromatic heterocycles. The van der Waals surface area contributed by atoms with Gasteiger partial charge in [-0.2, -0.15) is 5.10 Å². The fourth-order valence-electron chi connectivity index (χ4n) is 3.03.